The molecule has 8 heteroatoms. The van der Waals surface area contributed by atoms with Gasteiger partial charge in [0.25, 0.3) is 5.56 Å². The van der Waals surface area contributed by atoms with Gasteiger partial charge in [0, 0.05) is 16.1 Å². The molecule has 0 aliphatic heterocycles. The van der Waals surface area contributed by atoms with Crippen LogP contribution in [0.5, 0.6) is 0 Å². The minimum atomic E-state index is -0.420. The summed E-state index contributed by atoms with van der Waals surface area (Å²) in [7, 11) is 0. The van der Waals surface area contributed by atoms with Gasteiger partial charge in [-0.05, 0) is 43.7 Å². The van der Waals surface area contributed by atoms with Crippen molar-refractivity contribution in [2.75, 3.05) is 11.9 Å². The topological polar surface area (TPSA) is 90.3 Å². The summed E-state index contributed by atoms with van der Waals surface area (Å²) in [6.07, 6.45) is 1.40. The number of aromatic nitrogens is 2. The van der Waals surface area contributed by atoms with Crippen LogP contribution in [0.3, 0.4) is 0 Å². The fourth-order valence-corrected chi connectivity index (χ4v) is 4.47. The van der Waals surface area contributed by atoms with Crippen LogP contribution in [0.2, 0.25) is 0 Å². The molecule has 0 aliphatic rings. The maximum absolute atomic E-state index is 13.2. The fraction of sp³-hybridized carbons (Fsp3) is 0.167. The Kier molecular flexibility index (Phi) is 6.13. The quantitative estimate of drug-likeness (QED) is 0.446. The van der Waals surface area contributed by atoms with Crippen molar-refractivity contribution in [2.24, 2.45) is 0 Å². The van der Waals surface area contributed by atoms with Crippen molar-refractivity contribution in [3.8, 4) is 11.1 Å². The summed E-state index contributed by atoms with van der Waals surface area (Å²) in [6.45, 7) is 3.82. The molecule has 4 aromatic rings. The third kappa shape index (κ3) is 4.31. The lowest BCUT2D eigenvalue weighted by Crippen LogP contribution is -2.27. The van der Waals surface area contributed by atoms with Crippen LogP contribution in [0.25, 0.3) is 21.3 Å². The number of thiophene rings is 1. The van der Waals surface area contributed by atoms with Crippen LogP contribution in [-0.4, -0.2) is 28.0 Å². The van der Waals surface area contributed by atoms with Crippen molar-refractivity contribution in [2.45, 2.75) is 20.4 Å². The van der Waals surface area contributed by atoms with Gasteiger partial charge in [0.1, 0.15) is 11.4 Å². The Morgan fingerprint density at radius 3 is 2.50 bits per heavy atom. The van der Waals surface area contributed by atoms with Gasteiger partial charge in [0.2, 0.25) is 5.91 Å². The van der Waals surface area contributed by atoms with Crippen LogP contribution in [0.4, 0.5) is 5.69 Å². The zero-order valence-electron chi connectivity index (χ0n) is 17.6. The first-order valence-corrected chi connectivity index (χ1v) is 10.9. The Bertz CT molecular complexity index is 1340. The van der Waals surface area contributed by atoms with Crippen LogP contribution in [0, 0.1) is 6.92 Å². The number of rotatable bonds is 6. The van der Waals surface area contributed by atoms with Gasteiger partial charge in [-0.2, -0.15) is 0 Å². The number of aryl methyl sites for hydroxylation is 1. The summed E-state index contributed by atoms with van der Waals surface area (Å²) in [5.74, 6) is -0.790. The molecule has 0 atom stereocenters. The smallest absolute Gasteiger partial charge is 0.338 e. The number of carbonyl (C=O) groups excluding carboxylic acids is 2. The van der Waals surface area contributed by atoms with E-state index in [0.29, 0.717) is 28.1 Å². The molecular weight excluding hydrogens is 426 g/mol. The Labute approximate surface area is 188 Å². The summed E-state index contributed by atoms with van der Waals surface area (Å²) in [6, 6.07) is 16.1. The second-order valence-corrected chi connectivity index (χ2v) is 8.31. The zero-order valence-corrected chi connectivity index (χ0v) is 18.4. The molecule has 0 fully saturated rings. The van der Waals surface area contributed by atoms with Crippen molar-refractivity contribution in [1.82, 2.24) is 9.55 Å². The first kappa shape index (κ1) is 21.5. The SMILES string of the molecule is CCOC(=O)c1ccc(NC(=O)Cn2cnc3sc(C)c(-c4ccccc4)c3c2=O)cc1. The van der Waals surface area contributed by atoms with Crippen molar-refractivity contribution in [1.29, 1.82) is 0 Å². The van der Waals surface area contributed by atoms with Crippen molar-refractivity contribution >= 4 is 39.1 Å². The molecule has 0 bridgehead atoms. The molecule has 0 radical (unpaired) electrons. The predicted octanol–water partition coefficient (Wildman–Crippen LogP) is 4.25. The number of hydrogen-bond donors (Lipinski definition) is 1. The first-order valence-electron chi connectivity index (χ1n) is 10.1. The summed E-state index contributed by atoms with van der Waals surface area (Å²) in [5, 5.41) is 3.26. The second-order valence-electron chi connectivity index (χ2n) is 7.10. The standard InChI is InChI=1S/C24H21N3O4S/c1-3-31-24(30)17-9-11-18(12-10-17)26-19(28)13-27-14-25-22-21(23(27)29)20(15(2)32-22)16-7-5-4-6-8-16/h4-12,14H,3,13H2,1-2H3,(H,26,28). The lowest BCUT2D eigenvalue weighted by molar-refractivity contribution is -0.116. The van der Waals surface area contributed by atoms with E-state index in [4.69, 9.17) is 4.74 Å². The number of fused-ring (bicyclic) bond motifs is 1. The molecule has 32 heavy (non-hydrogen) atoms. The van der Waals surface area contributed by atoms with E-state index in [2.05, 4.69) is 10.3 Å². The number of ether oxygens (including phenoxy) is 1. The number of nitrogens with zero attached hydrogens (tertiary/aromatic N) is 2. The van der Waals surface area contributed by atoms with E-state index in [-0.39, 0.29) is 18.0 Å². The molecule has 0 saturated heterocycles. The second kappa shape index (κ2) is 9.15. The van der Waals surface area contributed by atoms with E-state index in [9.17, 15) is 14.4 Å². The molecule has 0 saturated carbocycles. The minimum absolute atomic E-state index is 0.176. The Morgan fingerprint density at radius 1 is 1.09 bits per heavy atom. The number of amides is 1. The molecule has 7 nitrogen and oxygen atoms in total. The predicted molar refractivity (Wildman–Crippen MR) is 125 cm³/mol. The van der Waals surface area contributed by atoms with Crippen molar-refractivity contribution < 1.29 is 14.3 Å². The average Bonchev–Trinajstić information content (AvgIpc) is 3.13. The highest BCUT2D eigenvalue weighted by Gasteiger charge is 2.17. The van der Waals surface area contributed by atoms with E-state index in [1.807, 2.05) is 37.3 Å². The van der Waals surface area contributed by atoms with Gasteiger partial charge in [0.15, 0.2) is 0 Å². The molecule has 0 spiro atoms. The van der Waals surface area contributed by atoms with Gasteiger partial charge in [-0.3, -0.25) is 14.2 Å². The largest absolute Gasteiger partial charge is 0.462 e. The van der Waals surface area contributed by atoms with E-state index < -0.39 is 5.97 Å². The van der Waals surface area contributed by atoms with Crippen LogP contribution >= 0.6 is 11.3 Å². The Balaban J connectivity index is 1.57. The summed E-state index contributed by atoms with van der Waals surface area (Å²) in [5.41, 5.74) is 2.45. The number of esters is 1. The molecule has 1 N–H and O–H groups in total. The van der Waals surface area contributed by atoms with Crippen LogP contribution in [0.1, 0.15) is 22.2 Å². The Morgan fingerprint density at radius 2 is 1.81 bits per heavy atom. The summed E-state index contributed by atoms with van der Waals surface area (Å²) in [4.78, 5) is 43.6. The van der Waals surface area contributed by atoms with Gasteiger partial charge in [-0.15, -0.1) is 11.3 Å². The number of carbonyl (C=O) groups is 2. The highest BCUT2D eigenvalue weighted by atomic mass is 32.1. The number of benzene rings is 2. The van der Waals surface area contributed by atoms with Crippen molar-refractivity contribution in [3.05, 3.63) is 81.7 Å². The highest BCUT2D eigenvalue weighted by molar-refractivity contribution is 7.19. The summed E-state index contributed by atoms with van der Waals surface area (Å²) >= 11 is 1.46. The fourth-order valence-electron chi connectivity index (χ4n) is 3.46. The maximum atomic E-state index is 13.2. The maximum Gasteiger partial charge on any atom is 0.338 e. The minimum Gasteiger partial charge on any atom is -0.462 e. The van der Waals surface area contributed by atoms with Gasteiger partial charge in [0.05, 0.1) is 23.9 Å². The third-order valence-corrected chi connectivity index (χ3v) is 5.92. The lowest BCUT2D eigenvalue weighted by Gasteiger charge is -2.09. The van der Waals surface area contributed by atoms with Crippen LogP contribution < -0.4 is 10.9 Å². The Hall–Kier alpha value is -3.78. The van der Waals surface area contributed by atoms with E-state index >= 15 is 0 Å². The molecule has 0 aliphatic carbocycles. The molecule has 0 unspecified atom stereocenters. The number of hydrogen-bond acceptors (Lipinski definition) is 6. The molecule has 2 aromatic heterocycles. The molecule has 162 valence electrons. The van der Waals surface area contributed by atoms with Gasteiger partial charge in [-0.1, -0.05) is 30.3 Å². The van der Waals surface area contributed by atoms with E-state index in [1.165, 1.54) is 22.2 Å². The van der Waals surface area contributed by atoms with Crippen LogP contribution in [0.15, 0.2) is 65.7 Å². The molecule has 2 heterocycles. The molecule has 4 rings (SSSR count). The summed E-state index contributed by atoms with van der Waals surface area (Å²) < 4.78 is 6.26. The van der Waals surface area contributed by atoms with Crippen LogP contribution in [-0.2, 0) is 16.1 Å². The average molecular weight is 448 g/mol. The number of anilines is 1. The van der Waals surface area contributed by atoms with Gasteiger partial charge >= 0.3 is 5.97 Å². The zero-order chi connectivity index (χ0) is 22.7. The van der Waals surface area contributed by atoms with Gasteiger partial charge in [-0.25, -0.2) is 9.78 Å². The molecule has 2 aromatic carbocycles. The highest BCUT2D eigenvalue weighted by Crippen LogP contribution is 2.35. The molecule has 1 amide bonds. The van der Waals surface area contributed by atoms with E-state index in [0.717, 1.165) is 16.0 Å². The van der Waals surface area contributed by atoms with E-state index in [1.54, 1.807) is 31.2 Å². The monoisotopic (exact) mass is 447 g/mol. The molecular formula is C24H21N3O4S. The lowest BCUT2D eigenvalue weighted by atomic mass is 10.0. The van der Waals surface area contributed by atoms with Crippen molar-refractivity contribution in [3.63, 3.8) is 0 Å². The number of nitrogens with one attached hydrogen (secondary N) is 1. The normalized spacial score (nSPS) is 10.8. The van der Waals surface area contributed by atoms with Gasteiger partial charge < -0.3 is 10.1 Å². The first-order chi connectivity index (χ1) is 15.5. The third-order valence-electron chi connectivity index (χ3n) is 4.91.